The maximum Gasteiger partial charge on any atom is 0.227 e. The van der Waals surface area contributed by atoms with Crippen LogP contribution in [0.5, 0.6) is 5.75 Å². The maximum absolute atomic E-state index is 12.6. The van der Waals surface area contributed by atoms with Crippen LogP contribution in [-0.4, -0.2) is 47.1 Å². The van der Waals surface area contributed by atoms with Crippen LogP contribution in [0.2, 0.25) is 10.0 Å². The zero-order valence-corrected chi connectivity index (χ0v) is 16.6. The van der Waals surface area contributed by atoms with Crippen molar-refractivity contribution >= 4 is 29.1 Å². The molecule has 0 spiro atoms. The molecule has 1 saturated carbocycles. The van der Waals surface area contributed by atoms with Crippen molar-refractivity contribution in [3.8, 4) is 5.75 Å². The number of aliphatic hydroxyl groups is 2. The van der Waals surface area contributed by atoms with Gasteiger partial charge in [-0.05, 0) is 31.0 Å². The van der Waals surface area contributed by atoms with Crippen molar-refractivity contribution in [2.24, 2.45) is 5.41 Å². The van der Waals surface area contributed by atoms with E-state index in [4.69, 9.17) is 27.9 Å². The molecule has 0 aromatic heterocycles. The van der Waals surface area contributed by atoms with Crippen molar-refractivity contribution in [1.82, 2.24) is 10.2 Å². The topological polar surface area (TPSA) is 82.0 Å². The molecule has 2 aliphatic rings. The van der Waals surface area contributed by atoms with Crippen LogP contribution in [0.1, 0.15) is 32.1 Å². The lowest BCUT2D eigenvalue weighted by atomic mass is 9.73. The first-order valence-electron chi connectivity index (χ1n) is 9.04. The van der Waals surface area contributed by atoms with E-state index in [1.54, 1.807) is 25.2 Å². The van der Waals surface area contributed by atoms with E-state index in [0.29, 0.717) is 15.8 Å². The first kappa shape index (κ1) is 20.4. The van der Waals surface area contributed by atoms with Gasteiger partial charge in [0.25, 0.3) is 0 Å². The zero-order chi connectivity index (χ0) is 19.6. The molecule has 1 amide bonds. The van der Waals surface area contributed by atoms with Crippen LogP contribution >= 0.6 is 23.2 Å². The Hall–Kier alpha value is -1.31. The number of nitrogens with one attached hydrogen (secondary N) is 1. The van der Waals surface area contributed by atoms with E-state index in [1.807, 2.05) is 0 Å². The number of hydrogen-bond acceptors (Lipinski definition) is 5. The number of carbonyl (C=O) groups excluding carboxylic acids is 1. The van der Waals surface area contributed by atoms with E-state index in [1.165, 1.54) is 11.0 Å². The normalized spacial score (nSPS) is 25.1. The summed E-state index contributed by atoms with van der Waals surface area (Å²) in [5, 5.41) is 24.7. The fraction of sp³-hybridized carbons (Fsp3) is 0.526. The highest BCUT2D eigenvalue weighted by Crippen LogP contribution is 2.39. The number of aliphatic hydroxyl groups excluding tert-OH is 2. The molecule has 1 aromatic rings. The highest BCUT2D eigenvalue weighted by atomic mass is 35.5. The van der Waals surface area contributed by atoms with Crippen LogP contribution < -0.4 is 10.1 Å². The van der Waals surface area contributed by atoms with Crippen molar-refractivity contribution in [2.75, 3.05) is 13.6 Å². The average molecular weight is 415 g/mol. The lowest BCUT2D eigenvalue weighted by Crippen LogP contribution is -2.52. The van der Waals surface area contributed by atoms with E-state index in [-0.39, 0.29) is 18.2 Å². The van der Waals surface area contributed by atoms with Crippen LogP contribution in [0, 0.1) is 5.41 Å². The number of halogens is 2. The van der Waals surface area contributed by atoms with Crippen LogP contribution in [0.4, 0.5) is 0 Å². The molecule has 1 aliphatic carbocycles. The Morgan fingerprint density at radius 3 is 2.44 bits per heavy atom. The molecule has 0 bridgehead atoms. The summed E-state index contributed by atoms with van der Waals surface area (Å²) in [5.41, 5.74) is -0.627. The van der Waals surface area contributed by atoms with Crippen molar-refractivity contribution in [3.05, 3.63) is 40.1 Å². The quantitative estimate of drug-likeness (QED) is 0.689. The molecule has 148 valence electrons. The summed E-state index contributed by atoms with van der Waals surface area (Å²) < 4.78 is 5.70. The minimum absolute atomic E-state index is 0.0578. The molecule has 3 N–H and O–H groups in total. The second kappa shape index (κ2) is 8.37. The summed E-state index contributed by atoms with van der Waals surface area (Å²) in [6.45, 7) is 0.245. The molecule has 3 rings (SSSR count). The molecular weight excluding hydrogens is 391 g/mol. The van der Waals surface area contributed by atoms with E-state index in [0.717, 1.165) is 32.1 Å². The van der Waals surface area contributed by atoms with Gasteiger partial charge in [-0.2, -0.15) is 0 Å². The largest absolute Gasteiger partial charge is 0.458 e. The van der Waals surface area contributed by atoms with Gasteiger partial charge in [0, 0.05) is 29.7 Å². The predicted octanol–water partition coefficient (Wildman–Crippen LogP) is 2.91. The average Bonchev–Trinajstić information content (AvgIpc) is 2.88. The maximum atomic E-state index is 12.6. The van der Waals surface area contributed by atoms with Crippen LogP contribution in [0.3, 0.4) is 0 Å². The summed E-state index contributed by atoms with van der Waals surface area (Å²) >= 11 is 12.0. The third-order valence-corrected chi connectivity index (χ3v) is 5.73. The van der Waals surface area contributed by atoms with E-state index < -0.39 is 17.9 Å². The number of benzene rings is 1. The fourth-order valence-electron chi connectivity index (χ4n) is 3.93. The van der Waals surface area contributed by atoms with Crippen LogP contribution in [0.15, 0.2) is 30.0 Å². The summed E-state index contributed by atoms with van der Waals surface area (Å²) in [6, 6.07) is 4.72. The first-order valence-corrected chi connectivity index (χ1v) is 9.80. The Morgan fingerprint density at radius 1 is 1.22 bits per heavy atom. The van der Waals surface area contributed by atoms with Gasteiger partial charge in [-0.3, -0.25) is 4.79 Å². The number of rotatable bonds is 5. The van der Waals surface area contributed by atoms with E-state index in [9.17, 15) is 15.0 Å². The van der Waals surface area contributed by atoms with Gasteiger partial charge in [0.05, 0.1) is 5.41 Å². The zero-order valence-electron chi connectivity index (χ0n) is 15.1. The Labute approximate surface area is 168 Å². The summed E-state index contributed by atoms with van der Waals surface area (Å²) in [4.78, 5) is 14.0. The highest BCUT2D eigenvalue weighted by molar-refractivity contribution is 6.34. The molecule has 0 radical (unpaired) electrons. The van der Waals surface area contributed by atoms with Crippen molar-refractivity contribution in [3.63, 3.8) is 0 Å². The van der Waals surface area contributed by atoms with Gasteiger partial charge in [-0.1, -0.05) is 42.5 Å². The van der Waals surface area contributed by atoms with Gasteiger partial charge in [0.15, 0.2) is 6.23 Å². The molecule has 6 nitrogen and oxygen atoms in total. The number of amides is 1. The predicted molar refractivity (Wildman–Crippen MR) is 103 cm³/mol. The fourth-order valence-corrected chi connectivity index (χ4v) is 4.43. The molecule has 0 saturated heterocycles. The van der Waals surface area contributed by atoms with Crippen molar-refractivity contribution < 1.29 is 19.7 Å². The second-order valence-corrected chi connectivity index (χ2v) is 8.03. The number of nitrogens with zero attached hydrogens (tertiary/aromatic N) is 1. The van der Waals surface area contributed by atoms with Gasteiger partial charge < -0.3 is 20.3 Å². The minimum Gasteiger partial charge on any atom is -0.458 e. The number of carbonyl (C=O) groups is 1. The molecule has 27 heavy (non-hydrogen) atoms. The van der Waals surface area contributed by atoms with E-state index >= 15 is 0 Å². The Bertz CT molecular complexity index is 714. The molecular formula is C19H24Cl2N2O4. The minimum atomic E-state index is -1.17. The summed E-state index contributed by atoms with van der Waals surface area (Å²) in [6.07, 6.45) is 3.66. The molecule has 8 heteroatoms. The summed E-state index contributed by atoms with van der Waals surface area (Å²) in [5.74, 6) is 0.492. The van der Waals surface area contributed by atoms with Gasteiger partial charge in [0.2, 0.25) is 5.91 Å². The summed E-state index contributed by atoms with van der Waals surface area (Å²) in [7, 11) is 1.62. The van der Waals surface area contributed by atoms with Gasteiger partial charge >= 0.3 is 0 Å². The van der Waals surface area contributed by atoms with Gasteiger partial charge in [0.1, 0.15) is 17.7 Å². The Morgan fingerprint density at radius 2 is 1.85 bits per heavy atom. The molecule has 2 atom stereocenters. The standard InChI is InChI=1S/C19H24Cl2N2O4/c1-22-18(26)19(5-3-2-4-6-19)11-23-16(24)10-15(17(23)25)27-14-8-12(20)7-13(21)9-14/h7-10,16-17,24-25H,2-6,11H2,1H3,(H,22,26). The Kier molecular flexibility index (Phi) is 6.33. The van der Waals surface area contributed by atoms with E-state index in [2.05, 4.69) is 5.32 Å². The highest BCUT2D eigenvalue weighted by Gasteiger charge is 2.45. The van der Waals surface area contributed by atoms with Crippen LogP contribution in [0.25, 0.3) is 0 Å². The van der Waals surface area contributed by atoms with Crippen molar-refractivity contribution in [1.29, 1.82) is 0 Å². The monoisotopic (exact) mass is 414 g/mol. The third kappa shape index (κ3) is 4.41. The SMILES string of the molecule is CNC(=O)C1(CN2C(O)C=C(Oc3cc(Cl)cc(Cl)c3)C2O)CCCCC1. The van der Waals surface area contributed by atoms with Gasteiger partial charge in [-0.25, -0.2) is 4.90 Å². The molecule has 1 aromatic carbocycles. The van der Waals surface area contributed by atoms with Crippen LogP contribution in [-0.2, 0) is 4.79 Å². The molecule has 1 fully saturated rings. The molecule has 1 heterocycles. The first-order chi connectivity index (χ1) is 12.8. The molecule has 2 unspecified atom stereocenters. The van der Waals surface area contributed by atoms with Gasteiger partial charge in [-0.15, -0.1) is 0 Å². The lowest BCUT2D eigenvalue weighted by molar-refractivity contribution is -0.139. The smallest absolute Gasteiger partial charge is 0.227 e. The molecule has 1 aliphatic heterocycles. The Balaban J connectivity index is 1.75. The lowest BCUT2D eigenvalue weighted by Gasteiger charge is -2.40. The second-order valence-electron chi connectivity index (χ2n) is 7.16. The third-order valence-electron chi connectivity index (χ3n) is 5.30. The van der Waals surface area contributed by atoms with Crippen molar-refractivity contribution in [2.45, 2.75) is 44.6 Å². The number of hydrogen-bond donors (Lipinski definition) is 3. The number of ether oxygens (including phenoxy) is 1.